The third kappa shape index (κ3) is 6.14. The van der Waals surface area contributed by atoms with E-state index in [1.54, 1.807) is 0 Å². The van der Waals surface area contributed by atoms with Gasteiger partial charge in [-0.3, -0.25) is 0 Å². The van der Waals surface area contributed by atoms with E-state index in [4.69, 9.17) is 14.4 Å². The number of hydrogen-bond acceptors (Lipinski definition) is 3. The first-order valence-corrected chi connectivity index (χ1v) is 20.7. The molecular formula is C58H36N2O. The Morgan fingerprint density at radius 3 is 1.48 bits per heavy atom. The lowest BCUT2D eigenvalue weighted by atomic mass is 9.89. The maximum absolute atomic E-state index is 6.19. The predicted octanol–water partition coefficient (Wildman–Crippen LogP) is 15.8. The molecule has 10 aromatic carbocycles. The highest BCUT2D eigenvalue weighted by Crippen LogP contribution is 2.40. The average molecular weight is 777 g/mol. The summed E-state index contributed by atoms with van der Waals surface area (Å²) in [5.74, 6) is 0.695. The Hall–Kier alpha value is -8.14. The predicted molar refractivity (Wildman–Crippen MR) is 254 cm³/mol. The molecule has 284 valence electrons. The van der Waals surface area contributed by atoms with Crippen LogP contribution in [0.5, 0.6) is 0 Å². The van der Waals surface area contributed by atoms with E-state index < -0.39 is 0 Å². The first kappa shape index (κ1) is 34.9. The van der Waals surface area contributed by atoms with Gasteiger partial charge in [-0.2, -0.15) is 0 Å². The van der Waals surface area contributed by atoms with E-state index in [1.165, 1.54) is 49.0 Å². The summed E-state index contributed by atoms with van der Waals surface area (Å²) in [6, 6.07) is 77.6. The molecule has 0 aliphatic carbocycles. The zero-order valence-electron chi connectivity index (χ0n) is 33.1. The van der Waals surface area contributed by atoms with Crippen molar-refractivity contribution in [3.8, 4) is 67.3 Å². The summed E-state index contributed by atoms with van der Waals surface area (Å²) in [5.41, 5.74) is 13.6. The molecule has 0 atom stereocenters. The average Bonchev–Trinajstić information content (AvgIpc) is 3.72. The quantitative estimate of drug-likeness (QED) is 0.125. The minimum absolute atomic E-state index is 0.695. The normalized spacial score (nSPS) is 11.6. The van der Waals surface area contributed by atoms with Gasteiger partial charge in [0, 0.05) is 27.5 Å². The molecule has 0 bridgehead atoms. The smallest absolute Gasteiger partial charge is 0.160 e. The molecule has 0 saturated heterocycles. The van der Waals surface area contributed by atoms with Crippen molar-refractivity contribution < 1.29 is 4.42 Å². The van der Waals surface area contributed by atoms with Gasteiger partial charge < -0.3 is 4.42 Å². The molecule has 12 aromatic rings. The summed E-state index contributed by atoms with van der Waals surface area (Å²) in [7, 11) is 0. The molecule has 0 N–H and O–H groups in total. The van der Waals surface area contributed by atoms with Crippen molar-refractivity contribution in [3.05, 3.63) is 218 Å². The molecule has 0 aliphatic rings. The van der Waals surface area contributed by atoms with E-state index in [0.717, 1.165) is 66.7 Å². The molecule has 61 heavy (non-hydrogen) atoms. The Labute approximate surface area is 352 Å². The number of fused-ring (bicyclic) bond motifs is 7. The van der Waals surface area contributed by atoms with Crippen molar-refractivity contribution >= 4 is 54.3 Å². The van der Waals surface area contributed by atoms with Crippen LogP contribution >= 0.6 is 0 Å². The SMILES string of the molecule is c1ccc(-c2nc(-c3ccc(-c4ccc(-c5c6ccccc6cc6c5ccc5ccccc56)cc4)cc3)cc(-c3ccc(-c4ccc5c(c4)oc4ccccc45)cc3)n2)cc1. The van der Waals surface area contributed by atoms with Gasteiger partial charge in [0.25, 0.3) is 0 Å². The van der Waals surface area contributed by atoms with Crippen molar-refractivity contribution in [2.75, 3.05) is 0 Å². The largest absolute Gasteiger partial charge is 0.456 e. The lowest BCUT2D eigenvalue weighted by Crippen LogP contribution is -1.96. The Bertz CT molecular complexity index is 3610. The zero-order chi connectivity index (χ0) is 40.3. The fraction of sp³-hybridized carbons (Fsp3) is 0. The van der Waals surface area contributed by atoms with Crippen LogP contribution in [0.15, 0.2) is 223 Å². The van der Waals surface area contributed by atoms with Gasteiger partial charge in [-0.05, 0) is 96.0 Å². The molecule has 3 nitrogen and oxygen atoms in total. The summed E-state index contributed by atoms with van der Waals surface area (Å²) in [6.45, 7) is 0. The molecule has 2 heterocycles. The van der Waals surface area contributed by atoms with E-state index in [0.29, 0.717) is 5.82 Å². The van der Waals surface area contributed by atoms with Crippen LogP contribution < -0.4 is 0 Å². The summed E-state index contributed by atoms with van der Waals surface area (Å²) < 4.78 is 6.19. The van der Waals surface area contributed by atoms with Crippen LogP contribution in [-0.2, 0) is 0 Å². The Balaban J connectivity index is 0.873. The van der Waals surface area contributed by atoms with Gasteiger partial charge in [-0.25, -0.2) is 9.97 Å². The summed E-state index contributed by atoms with van der Waals surface area (Å²) in [6.07, 6.45) is 0. The van der Waals surface area contributed by atoms with Gasteiger partial charge >= 0.3 is 0 Å². The van der Waals surface area contributed by atoms with Crippen LogP contribution in [0.4, 0.5) is 0 Å². The zero-order valence-corrected chi connectivity index (χ0v) is 33.1. The van der Waals surface area contributed by atoms with Gasteiger partial charge in [0.05, 0.1) is 11.4 Å². The Morgan fingerprint density at radius 2 is 0.770 bits per heavy atom. The van der Waals surface area contributed by atoms with Gasteiger partial charge in [0.1, 0.15) is 11.2 Å². The fourth-order valence-corrected chi connectivity index (χ4v) is 8.99. The van der Waals surface area contributed by atoms with Gasteiger partial charge in [-0.1, -0.05) is 188 Å². The first-order chi connectivity index (χ1) is 30.2. The molecule has 0 spiro atoms. The van der Waals surface area contributed by atoms with Gasteiger partial charge in [0.2, 0.25) is 0 Å². The monoisotopic (exact) mass is 776 g/mol. The molecule has 0 radical (unpaired) electrons. The third-order valence-corrected chi connectivity index (χ3v) is 12.1. The second-order valence-corrected chi connectivity index (χ2v) is 15.7. The number of hydrogen-bond donors (Lipinski definition) is 0. The Morgan fingerprint density at radius 1 is 0.262 bits per heavy atom. The lowest BCUT2D eigenvalue weighted by Gasteiger charge is -2.14. The van der Waals surface area contributed by atoms with Crippen molar-refractivity contribution in [2.24, 2.45) is 0 Å². The molecule has 2 aromatic heterocycles. The summed E-state index contributed by atoms with van der Waals surface area (Å²) in [5, 5.41) is 9.86. The number of benzene rings is 10. The van der Waals surface area contributed by atoms with E-state index in [1.807, 2.05) is 30.3 Å². The second-order valence-electron chi connectivity index (χ2n) is 15.7. The van der Waals surface area contributed by atoms with Crippen LogP contribution in [0.25, 0.3) is 122 Å². The minimum Gasteiger partial charge on any atom is -0.456 e. The Kier molecular flexibility index (Phi) is 8.17. The fourth-order valence-electron chi connectivity index (χ4n) is 8.99. The second kappa shape index (κ2) is 14.3. The maximum Gasteiger partial charge on any atom is 0.160 e. The van der Waals surface area contributed by atoms with Crippen LogP contribution in [0.1, 0.15) is 0 Å². The molecule has 0 unspecified atom stereocenters. The number of furan rings is 1. The number of rotatable bonds is 6. The number of para-hydroxylation sites is 1. The van der Waals surface area contributed by atoms with Crippen LogP contribution in [-0.4, -0.2) is 9.97 Å². The van der Waals surface area contributed by atoms with Crippen molar-refractivity contribution in [3.63, 3.8) is 0 Å². The highest BCUT2D eigenvalue weighted by molar-refractivity contribution is 6.20. The van der Waals surface area contributed by atoms with E-state index in [9.17, 15) is 0 Å². The molecular weight excluding hydrogens is 741 g/mol. The molecule has 0 amide bonds. The van der Waals surface area contributed by atoms with Crippen molar-refractivity contribution in [1.29, 1.82) is 0 Å². The molecule has 12 rings (SSSR count). The number of nitrogens with zero attached hydrogens (tertiary/aromatic N) is 2. The molecule has 3 heteroatoms. The molecule has 0 aliphatic heterocycles. The highest BCUT2D eigenvalue weighted by Gasteiger charge is 2.15. The van der Waals surface area contributed by atoms with E-state index in [-0.39, 0.29) is 0 Å². The highest BCUT2D eigenvalue weighted by atomic mass is 16.3. The van der Waals surface area contributed by atoms with Crippen molar-refractivity contribution in [2.45, 2.75) is 0 Å². The van der Waals surface area contributed by atoms with E-state index in [2.05, 4.69) is 188 Å². The van der Waals surface area contributed by atoms with E-state index >= 15 is 0 Å². The third-order valence-electron chi connectivity index (χ3n) is 12.1. The van der Waals surface area contributed by atoms with Crippen LogP contribution in [0.2, 0.25) is 0 Å². The maximum atomic E-state index is 6.19. The first-order valence-electron chi connectivity index (χ1n) is 20.7. The lowest BCUT2D eigenvalue weighted by molar-refractivity contribution is 0.669. The molecule has 0 fully saturated rings. The van der Waals surface area contributed by atoms with Gasteiger partial charge in [-0.15, -0.1) is 0 Å². The van der Waals surface area contributed by atoms with Crippen LogP contribution in [0.3, 0.4) is 0 Å². The van der Waals surface area contributed by atoms with Gasteiger partial charge in [0.15, 0.2) is 5.82 Å². The van der Waals surface area contributed by atoms with Crippen LogP contribution in [0, 0.1) is 0 Å². The van der Waals surface area contributed by atoms with Crippen molar-refractivity contribution in [1.82, 2.24) is 9.97 Å². The number of aromatic nitrogens is 2. The summed E-state index contributed by atoms with van der Waals surface area (Å²) in [4.78, 5) is 10.2. The molecule has 0 saturated carbocycles. The minimum atomic E-state index is 0.695. The topological polar surface area (TPSA) is 38.9 Å². The standard InChI is InChI=1S/C58H36N2O/c1-2-11-44(12-3-1)58-59-53(36-54(60-58)42-26-20-39(21-27-42)45-31-32-50-49-16-8-9-17-55(49)61-56(50)35-45)41-24-18-37(19-25-41)38-22-28-43(29-23-38)57-48-15-7-5-13-46(48)34-52-47-14-6-4-10-40(47)30-33-51(52)57/h1-36H. The summed E-state index contributed by atoms with van der Waals surface area (Å²) >= 11 is 0.